The second-order valence-electron chi connectivity index (χ2n) is 4.25. The van der Waals surface area contributed by atoms with E-state index in [0.29, 0.717) is 0 Å². The van der Waals surface area contributed by atoms with Crippen molar-refractivity contribution in [2.24, 2.45) is 0 Å². The van der Waals surface area contributed by atoms with Crippen molar-refractivity contribution in [2.75, 3.05) is 5.32 Å². The number of pyridine rings is 1. The van der Waals surface area contributed by atoms with Gasteiger partial charge in [0.1, 0.15) is 5.82 Å². The number of rotatable bonds is 3. The summed E-state index contributed by atoms with van der Waals surface area (Å²) in [5.41, 5.74) is 3.43. The Morgan fingerprint density at radius 2 is 1.42 bits per heavy atom. The van der Waals surface area contributed by atoms with Crippen LogP contribution < -0.4 is 5.32 Å². The van der Waals surface area contributed by atoms with Crippen LogP contribution >= 0.6 is 0 Å². The van der Waals surface area contributed by atoms with E-state index in [9.17, 15) is 0 Å². The first-order valence-corrected chi connectivity index (χ1v) is 6.26. The maximum atomic E-state index is 4.30. The van der Waals surface area contributed by atoms with Crippen LogP contribution in [0.15, 0.2) is 79.0 Å². The Kier molecular flexibility index (Phi) is 3.24. The number of benzene rings is 2. The van der Waals surface area contributed by atoms with Gasteiger partial charge in [0.15, 0.2) is 0 Å². The minimum absolute atomic E-state index is 0.853. The van der Waals surface area contributed by atoms with Gasteiger partial charge in [0.05, 0.1) is 0 Å². The predicted octanol–water partition coefficient (Wildman–Crippen LogP) is 4.49. The third-order valence-electron chi connectivity index (χ3n) is 2.94. The molecule has 0 saturated heterocycles. The topological polar surface area (TPSA) is 24.9 Å². The highest BCUT2D eigenvalue weighted by atomic mass is 15.0. The van der Waals surface area contributed by atoms with E-state index in [0.717, 1.165) is 11.5 Å². The zero-order valence-electron chi connectivity index (χ0n) is 10.5. The van der Waals surface area contributed by atoms with Crippen LogP contribution in [0.4, 0.5) is 11.5 Å². The Balaban J connectivity index is 1.99. The van der Waals surface area contributed by atoms with Gasteiger partial charge < -0.3 is 5.32 Å². The highest BCUT2D eigenvalue weighted by molar-refractivity contribution is 5.80. The fourth-order valence-corrected chi connectivity index (χ4v) is 2.04. The monoisotopic (exact) mass is 246 g/mol. The van der Waals surface area contributed by atoms with Crippen LogP contribution in [0.25, 0.3) is 11.1 Å². The van der Waals surface area contributed by atoms with Gasteiger partial charge in [-0.2, -0.15) is 0 Å². The Hall–Kier alpha value is -2.61. The molecule has 0 aliphatic carbocycles. The van der Waals surface area contributed by atoms with Gasteiger partial charge in [-0.05, 0) is 23.8 Å². The Morgan fingerprint density at radius 1 is 0.684 bits per heavy atom. The number of para-hydroxylation sites is 1. The molecule has 0 atom stereocenters. The molecular weight excluding hydrogens is 232 g/mol. The summed E-state index contributed by atoms with van der Waals surface area (Å²) in [4.78, 5) is 4.30. The minimum atomic E-state index is 0.853. The molecule has 1 heterocycles. The summed E-state index contributed by atoms with van der Waals surface area (Å²) < 4.78 is 0. The van der Waals surface area contributed by atoms with Crippen LogP contribution in [-0.4, -0.2) is 4.98 Å². The molecule has 0 amide bonds. The standard InChI is InChI=1S/C17H14N2/c1-2-8-14(9-3-1)15-10-4-5-11-16(15)19-17-12-6-7-13-18-17/h1-13H,(H,18,19). The van der Waals surface area contributed by atoms with Gasteiger partial charge in [0.25, 0.3) is 0 Å². The second-order valence-corrected chi connectivity index (χ2v) is 4.25. The summed E-state index contributed by atoms with van der Waals surface area (Å²) in [6.07, 6.45) is 1.79. The molecule has 2 heteroatoms. The molecule has 0 unspecified atom stereocenters. The summed E-state index contributed by atoms with van der Waals surface area (Å²) in [5, 5.41) is 3.36. The van der Waals surface area contributed by atoms with E-state index in [-0.39, 0.29) is 0 Å². The number of aromatic nitrogens is 1. The normalized spacial score (nSPS) is 10.1. The van der Waals surface area contributed by atoms with Crippen LogP contribution in [0, 0.1) is 0 Å². The number of anilines is 2. The largest absolute Gasteiger partial charge is 0.340 e. The third kappa shape index (κ3) is 2.63. The van der Waals surface area contributed by atoms with Crippen LogP contribution in [0.3, 0.4) is 0 Å². The van der Waals surface area contributed by atoms with Gasteiger partial charge in [-0.25, -0.2) is 4.98 Å². The lowest BCUT2D eigenvalue weighted by Gasteiger charge is -2.11. The Bertz CT molecular complexity index is 648. The SMILES string of the molecule is c1ccc(-c2ccccc2Nc2ccccn2)cc1. The average molecular weight is 246 g/mol. The lowest BCUT2D eigenvalue weighted by atomic mass is 10.0. The number of nitrogens with one attached hydrogen (secondary N) is 1. The molecule has 0 bridgehead atoms. The maximum Gasteiger partial charge on any atom is 0.130 e. The first kappa shape index (κ1) is 11.5. The molecule has 3 rings (SSSR count). The van der Waals surface area contributed by atoms with Crippen LogP contribution in [-0.2, 0) is 0 Å². The van der Waals surface area contributed by atoms with E-state index >= 15 is 0 Å². The third-order valence-corrected chi connectivity index (χ3v) is 2.94. The molecule has 0 saturated carbocycles. The summed E-state index contributed by atoms with van der Waals surface area (Å²) >= 11 is 0. The first-order valence-electron chi connectivity index (χ1n) is 6.26. The molecule has 2 nitrogen and oxygen atoms in total. The molecule has 1 aromatic heterocycles. The van der Waals surface area contributed by atoms with Crippen molar-refractivity contribution >= 4 is 11.5 Å². The average Bonchev–Trinajstić information content (AvgIpc) is 2.50. The van der Waals surface area contributed by atoms with Crippen molar-refractivity contribution in [1.29, 1.82) is 0 Å². The van der Waals surface area contributed by atoms with Crippen LogP contribution in [0.2, 0.25) is 0 Å². The molecule has 92 valence electrons. The van der Waals surface area contributed by atoms with Crippen LogP contribution in [0.1, 0.15) is 0 Å². The molecule has 0 radical (unpaired) electrons. The summed E-state index contributed by atoms with van der Waals surface area (Å²) in [6, 6.07) is 24.4. The van der Waals surface area contributed by atoms with E-state index in [1.807, 2.05) is 48.5 Å². The van der Waals surface area contributed by atoms with E-state index in [1.165, 1.54) is 11.1 Å². The van der Waals surface area contributed by atoms with Crippen molar-refractivity contribution in [3.8, 4) is 11.1 Å². The van der Waals surface area contributed by atoms with E-state index in [4.69, 9.17) is 0 Å². The summed E-state index contributed by atoms with van der Waals surface area (Å²) in [6.45, 7) is 0. The number of hydrogen-bond donors (Lipinski definition) is 1. The fourth-order valence-electron chi connectivity index (χ4n) is 2.04. The molecule has 2 aromatic carbocycles. The van der Waals surface area contributed by atoms with Crippen molar-refractivity contribution in [2.45, 2.75) is 0 Å². The lowest BCUT2D eigenvalue weighted by Crippen LogP contribution is -1.94. The Labute approximate surface area is 112 Å². The highest BCUT2D eigenvalue weighted by Crippen LogP contribution is 2.29. The van der Waals surface area contributed by atoms with Gasteiger partial charge in [0.2, 0.25) is 0 Å². The van der Waals surface area contributed by atoms with Gasteiger partial charge in [-0.15, -0.1) is 0 Å². The van der Waals surface area contributed by atoms with Crippen molar-refractivity contribution < 1.29 is 0 Å². The van der Waals surface area contributed by atoms with E-state index in [1.54, 1.807) is 6.20 Å². The molecule has 0 fully saturated rings. The second kappa shape index (κ2) is 5.36. The zero-order chi connectivity index (χ0) is 12.9. The van der Waals surface area contributed by atoms with Crippen LogP contribution in [0.5, 0.6) is 0 Å². The zero-order valence-corrected chi connectivity index (χ0v) is 10.5. The quantitative estimate of drug-likeness (QED) is 0.736. The van der Waals surface area contributed by atoms with Gasteiger partial charge in [0, 0.05) is 17.4 Å². The first-order chi connectivity index (χ1) is 9.43. The van der Waals surface area contributed by atoms with Gasteiger partial charge in [-0.3, -0.25) is 0 Å². The fraction of sp³-hybridized carbons (Fsp3) is 0. The van der Waals surface area contributed by atoms with Gasteiger partial charge in [-0.1, -0.05) is 54.6 Å². The maximum absolute atomic E-state index is 4.30. The van der Waals surface area contributed by atoms with E-state index < -0.39 is 0 Å². The predicted molar refractivity (Wildman–Crippen MR) is 79.4 cm³/mol. The highest BCUT2D eigenvalue weighted by Gasteiger charge is 2.04. The number of hydrogen-bond acceptors (Lipinski definition) is 2. The molecular formula is C17H14N2. The number of nitrogens with zero attached hydrogens (tertiary/aromatic N) is 1. The van der Waals surface area contributed by atoms with Gasteiger partial charge >= 0.3 is 0 Å². The molecule has 1 N–H and O–H groups in total. The minimum Gasteiger partial charge on any atom is -0.340 e. The molecule has 3 aromatic rings. The molecule has 0 aliphatic heterocycles. The van der Waals surface area contributed by atoms with Crippen molar-refractivity contribution in [3.05, 3.63) is 79.0 Å². The molecule has 19 heavy (non-hydrogen) atoms. The molecule has 0 aliphatic rings. The molecule has 0 spiro atoms. The van der Waals surface area contributed by atoms with Crippen molar-refractivity contribution in [3.63, 3.8) is 0 Å². The van der Waals surface area contributed by atoms with Crippen molar-refractivity contribution in [1.82, 2.24) is 4.98 Å². The Morgan fingerprint density at radius 3 is 2.21 bits per heavy atom. The summed E-state index contributed by atoms with van der Waals surface area (Å²) in [5.74, 6) is 0.853. The lowest BCUT2D eigenvalue weighted by molar-refractivity contribution is 1.31. The van der Waals surface area contributed by atoms with E-state index in [2.05, 4.69) is 34.6 Å². The smallest absolute Gasteiger partial charge is 0.130 e. The summed E-state index contributed by atoms with van der Waals surface area (Å²) in [7, 11) is 0.